The minimum absolute atomic E-state index is 0.257. The summed E-state index contributed by atoms with van der Waals surface area (Å²) in [5.74, 6) is 1.68. The number of benzene rings is 7. The molecule has 230 valence electrons. The van der Waals surface area contributed by atoms with Crippen LogP contribution in [0, 0.1) is 0 Å². The summed E-state index contributed by atoms with van der Waals surface area (Å²) in [6, 6.07) is 60.3. The fourth-order valence-electron chi connectivity index (χ4n) is 7.66. The zero-order valence-corrected chi connectivity index (χ0v) is 27.0. The van der Waals surface area contributed by atoms with Gasteiger partial charge in [-0.2, -0.15) is 0 Å². The fourth-order valence-corrected chi connectivity index (χ4v) is 7.66. The second-order valence-corrected chi connectivity index (χ2v) is 13.0. The molecule has 48 heavy (non-hydrogen) atoms. The number of hydrogen-bond donors (Lipinski definition) is 0. The molecule has 2 aliphatic heterocycles. The third-order valence-electron chi connectivity index (χ3n) is 9.80. The minimum Gasteiger partial charge on any atom is -0.451 e. The van der Waals surface area contributed by atoms with E-state index in [1.807, 2.05) is 0 Å². The molecule has 0 bridgehead atoms. The van der Waals surface area contributed by atoms with E-state index in [9.17, 15) is 0 Å². The van der Waals surface area contributed by atoms with E-state index in [4.69, 9.17) is 4.74 Å². The van der Waals surface area contributed by atoms with Crippen LogP contribution in [0.15, 0.2) is 170 Å². The van der Waals surface area contributed by atoms with Crippen molar-refractivity contribution in [2.75, 3.05) is 9.80 Å². The Labute approximate surface area is 281 Å². The van der Waals surface area contributed by atoms with E-state index in [0.717, 1.165) is 51.1 Å². The first-order valence-electron chi connectivity index (χ1n) is 16.5. The molecule has 0 aromatic heterocycles. The molecule has 0 saturated carbocycles. The Hall–Kier alpha value is -6.06. The third-order valence-corrected chi connectivity index (χ3v) is 9.80. The minimum atomic E-state index is -0.257. The molecule has 2 aliphatic rings. The Morgan fingerprint density at radius 2 is 1.08 bits per heavy atom. The highest BCUT2D eigenvalue weighted by atomic mass is 16.5. The molecular formula is C45H34N2O. The largest absolute Gasteiger partial charge is 0.451 e. The lowest BCUT2D eigenvalue weighted by Gasteiger charge is -2.46. The lowest BCUT2D eigenvalue weighted by Crippen LogP contribution is -2.33. The van der Waals surface area contributed by atoms with Crippen molar-refractivity contribution in [3.63, 3.8) is 0 Å². The first kappa shape index (κ1) is 28.2. The molecule has 0 radical (unpaired) electrons. The normalized spacial score (nSPS) is 13.5. The highest BCUT2D eigenvalue weighted by Gasteiger charge is 2.44. The van der Waals surface area contributed by atoms with Gasteiger partial charge in [0, 0.05) is 16.7 Å². The second kappa shape index (κ2) is 11.0. The maximum absolute atomic E-state index is 7.14. The Kier molecular flexibility index (Phi) is 6.48. The van der Waals surface area contributed by atoms with Crippen LogP contribution in [0.3, 0.4) is 0 Å². The molecule has 7 aromatic rings. The molecule has 3 heteroatoms. The van der Waals surface area contributed by atoms with E-state index in [0.29, 0.717) is 0 Å². The van der Waals surface area contributed by atoms with Crippen molar-refractivity contribution in [2.24, 2.45) is 0 Å². The molecule has 2 heterocycles. The van der Waals surface area contributed by atoms with Crippen molar-refractivity contribution in [1.29, 1.82) is 0 Å². The molecule has 0 atom stereocenters. The predicted octanol–water partition coefficient (Wildman–Crippen LogP) is 12.7. The summed E-state index contributed by atoms with van der Waals surface area (Å²) in [7, 11) is 0. The van der Waals surface area contributed by atoms with Crippen molar-refractivity contribution >= 4 is 34.1 Å². The van der Waals surface area contributed by atoms with E-state index in [2.05, 4.69) is 194 Å². The van der Waals surface area contributed by atoms with Gasteiger partial charge in [-0.1, -0.05) is 141 Å². The van der Waals surface area contributed by atoms with Gasteiger partial charge in [0.2, 0.25) is 0 Å². The van der Waals surface area contributed by atoms with Gasteiger partial charge in [-0.3, -0.25) is 0 Å². The van der Waals surface area contributed by atoms with Crippen molar-refractivity contribution in [3.05, 3.63) is 181 Å². The van der Waals surface area contributed by atoms with E-state index in [1.54, 1.807) is 0 Å². The van der Waals surface area contributed by atoms with Gasteiger partial charge in [-0.25, -0.2) is 0 Å². The maximum Gasteiger partial charge on any atom is 0.175 e. The van der Waals surface area contributed by atoms with Crippen molar-refractivity contribution in [3.8, 4) is 33.8 Å². The average molecular weight is 619 g/mol. The summed E-state index contributed by atoms with van der Waals surface area (Å²) in [4.78, 5) is 4.78. The highest BCUT2D eigenvalue weighted by Crippen LogP contribution is 2.63. The first-order valence-corrected chi connectivity index (χ1v) is 16.5. The highest BCUT2D eigenvalue weighted by molar-refractivity contribution is 6.00. The molecule has 0 N–H and O–H groups in total. The number of hydrogen-bond acceptors (Lipinski definition) is 3. The Balaban J connectivity index is 1.31. The Morgan fingerprint density at radius 3 is 1.83 bits per heavy atom. The van der Waals surface area contributed by atoms with Crippen LogP contribution in [-0.4, -0.2) is 0 Å². The van der Waals surface area contributed by atoms with E-state index < -0.39 is 0 Å². The van der Waals surface area contributed by atoms with E-state index in [1.165, 1.54) is 27.9 Å². The molecule has 0 amide bonds. The van der Waals surface area contributed by atoms with E-state index in [-0.39, 0.29) is 5.41 Å². The van der Waals surface area contributed by atoms with E-state index >= 15 is 0 Å². The monoisotopic (exact) mass is 618 g/mol. The summed E-state index contributed by atoms with van der Waals surface area (Å²) < 4.78 is 7.14. The van der Waals surface area contributed by atoms with Crippen LogP contribution in [-0.2, 0) is 5.41 Å². The van der Waals surface area contributed by atoms with Crippen LogP contribution < -0.4 is 14.5 Å². The number of fused-ring (bicyclic) bond motifs is 4. The van der Waals surface area contributed by atoms with Gasteiger partial charge >= 0.3 is 0 Å². The standard InChI is InChI=1S/C45H34N2O/c1-45(2)36-24-13-15-26-38(36)47-40-28-16-27-39(44(40)48-41-30-29-35(42(45)43(41)47)32-19-8-4-9-20-32)46(33-21-10-5-11-22-33)37-25-14-12-23-34(37)31-17-6-3-7-18-31/h3-30H,1-2H3. The zero-order valence-electron chi connectivity index (χ0n) is 27.0. The molecule has 0 aliphatic carbocycles. The number of rotatable bonds is 5. The Morgan fingerprint density at radius 1 is 0.500 bits per heavy atom. The lowest BCUT2D eigenvalue weighted by molar-refractivity contribution is 0.472. The van der Waals surface area contributed by atoms with Crippen LogP contribution in [0.2, 0.25) is 0 Å². The molecule has 3 nitrogen and oxygen atoms in total. The second-order valence-electron chi connectivity index (χ2n) is 13.0. The van der Waals surface area contributed by atoms with Gasteiger partial charge in [0.05, 0.1) is 28.4 Å². The van der Waals surface area contributed by atoms with Gasteiger partial charge in [-0.05, 0) is 70.3 Å². The summed E-state index contributed by atoms with van der Waals surface area (Å²) in [5.41, 5.74) is 13.5. The number of para-hydroxylation sites is 4. The molecule has 0 unspecified atom stereocenters. The molecule has 0 spiro atoms. The molecule has 9 rings (SSSR count). The SMILES string of the molecule is CC1(C)c2ccccc2N2c3cccc(N(c4ccccc4)c4ccccc4-c4ccccc4)c3Oc3ccc(-c4ccccc4)c1c32. The van der Waals surface area contributed by atoms with Crippen LogP contribution in [0.1, 0.15) is 25.0 Å². The third kappa shape index (κ3) is 4.28. The van der Waals surface area contributed by atoms with Gasteiger partial charge in [0.1, 0.15) is 0 Å². The summed E-state index contributed by atoms with van der Waals surface area (Å²) in [5, 5.41) is 0. The number of anilines is 6. The Bertz CT molecular complexity index is 2290. The van der Waals surface area contributed by atoms with Crippen molar-refractivity contribution in [2.45, 2.75) is 19.3 Å². The molecule has 0 fully saturated rings. The van der Waals surface area contributed by atoms with Crippen molar-refractivity contribution in [1.82, 2.24) is 0 Å². The molecular weight excluding hydrogens is 585 g/mol. The fraction of sp³-hybridized carbons (Fsp3) is 0.0667. The zero-order chi connectivity index (χ0) is 32.2. The van der Waals surface area contributed by atoms with Crippen LogP contribution in [0.4, 0.5) is 34.1 Å². The quantitative estimate of drug-likeness (QED) is 0.191. The van der Waals surface area contributed by atoms with Crippen LogP contribution in [0.25, 0.3) is 22.3 Å². The summed E-state index contributed by atoms with van der Waals surface area (Å²) >= 11 is 0. The number of nitrogens with zero attached hydrogens (tertiary/aromatic N) is 2. The first-order chi connectivity index (χ1) is 23.6. The van der Waals surface area contributed by atoms with Gasteiger partial charge < -0.3 is 14.5 Å². The lowest BCUT2D eigenvalue weighted by atomic mass is 9.70. The van der Waals surface area contributed by atoms with Gasteiger partial charge in [0.25, 0.3) is 0 Å². The predicted molar refractivity (Wildman–Crippen MR) is 199 cm³/mol. The van der Waals surface area contributed by atoms with Gasteiger partial charge in [0.15, 0.2) is 11.5 Å². The summed E-state index contributed by atoms with van der Waals surface area (Å²) in [6.07, 6.45) is 0. The molecule has 7 aromatic carbocycles. The van der Waals surface area contributed by atoms with Crippen molar-refractivity contribution < 1.29 is 4.74 Å². The van der Waals surface area contributed by atoms with Crippen LogP contribution in [0.5, 0.6) is 11.5 Å². The van der Waals surface area contributed by atoms with Crippen LogP contribution >= 0.6 is 0 Å². The summed E-state index contributed by atoms with van der Waals surface area (Å²) in [6.45, 7) is 4.68. The van der Waals surface area contributed by atoms with Gasteiger partial charge in [-0.15, -0.1) is 0 Å². The number of ether oxygens (including phenoxy) is 1. The smallest absolute Gasteiger partial charge is 0.175 e. The maximum atomic E-state index is 7.14. The average Bonchev–Trinajstić information content (AvgIpc) is 3.15. The topological polar surface area (TPSA) is 15.7 Å². The molecule has 0 saturated heterocycles.